The van der Waals surface area contributed by atoms with Crippen molar-refractivity contribution >= 4 is 11.6 Å². The van der Waals surface area contributed by atoms with Crippen LogP contribution in [0, 0.1) is 12.7 Å². The van der Waals surface area contributed by atoms with Crippen molar-refractivity contribution in [3.05, 3.63) is 29.6 Å². The highest BCUT2D eigenvalue weighted by molar-refractivity contribution is 5.91. The Morgan fingerprint density at radius 2 is 2.31 bits per heavy atom. The van der Waals surface area contributed by atoms with Crippen molar-refractivity contribution in [1.29, 1.82) is 0 Å². The molecule has 0 saturated heterocycles. The van der Waals surface area contributed by atoms with Gasteiger partial charge in [-0.3, -0.25) is 4.79 Å². The summed E-state index contributed by atoms with van der Waals surface area (Å²) >= 11 is 0. The van der Waals surface area contributed by atoms with E-state index in [-0.39, 0.29) is 5.82 Å². The van der Waals surface area contributed by atoms with Crippen molar-refractivity contribution in [2.45, 2.75) is 6.92 Å². The van der Waals surface area contributed by atoms with Gasteiger partial charge in [0.05, 0.1) is 0 Å². The van der Waals surface area contributed by atoms with Crippen LogP contribution in [0.3, 0.4) is 0 Å². The fourth-order valence-corrected chi connectivity index (χ4v) is 0.871. The molecule has 13 heavy (non-hydrogen) atoms. The van der Waals surface area contributed by atoms with E-state index in [9.17, 15) is 9.18 Å². The van der Waals surface area contributed by atoms with E-state index >= 15 is 0 Å². The summed E-state index contributed by atoms with van der Waals surface area (Å²) in [7, 11) is 0. The lowest BCUT2D eigenvalue weighted by atomic mass is 10.2. The Balaban J connectivity index is 2.79. The second-order valence-corrected chi connectivity index (χ2v) is 2.67. The number of carbonyl (C=O) groups is 1. The first-order valence-corrected chi connectivity index (χ1v) is 3.80. The number of halogens is 1. The Bertz CT molecular complexity index is 325. The van der Waals surface area contributed by atoms with Crippen molar-refractivity contribution < 1.29 is 14.3 Å². The molecule has 0 radical (unpaired) electrons. The van der Waals surface area contributed by atoms with Gasteiger partial charge in [0.15, 0.2) is 0 Å². The Hall–Kier alpha value is -1.42. The zero-order valence-corrected chi connectivity index (χ0v) is 7.17. The van der Waals surface area contributed by atoms with Crippen LogP contribution in [0.4, 0.5) is 10.1 Å². The number of anilines is 1. The molecule has 1 rings (SSSR count). The van der Waals surface area contributed by atoms with Crippen molar-refractivity contribution in [2.24, 2.45) is 0 Å². The lowest BCUT2D eigenvalue weighted by Gasteiger charge is -2.03. The fourth-order valence-electron chi connectivity index (χ4n) is 0.871. The summed E-state index contributed by atoms with van der Waals surface area (Å²) in [6.07, 6.45) is 0. The van der Waals surface area contributed by atoms with Crippen LogP contribution in [0.1, 0.15) is 5.56 Å². The highest BCUT2D eigenvalue weighted by Gasteiger charge is 2.02. The van der Waals surface area contributed by atoms with E-state index in [2.05, 4.69) is 5.32 Å². The SMILES string of the molecule is Cc1ccc(NC(=O)CO)cc1F. The summed E-state index contributed by atoms with van der Waals surface area (Å²) in [5.74, 6) is -0.931. The van der Waals surface area contributed by atoms with E-state index in [1.165, 1.54) is 6.07 Å². The minimum Gasteiger partial charge on any atom is -0.387 e. The molecule has 0 bridgehead atoms. The first kappa shape index (κ1) is 9.67. The molecule has 0 spiro atoms. The minimum atomic E-state index is -0.602. The summed E-state index contributed by atoms with van der Waals surface area (Å²) < 4.78 is 12.9. The smallest absolute Gasteiger partial charge is 0.250 e. The van der Waals surface area contributed by atoms with Gasteiger partial charge in [-0.2, -0.15) is 0 Å². The number of carbonyl (C=O) groups excluding carboxylic acids is 1. The molecule has 0 aliphatic heterocycles. The third-order valence-electron chi connectivity index (χ3n) is 1.60. The van der Waals surface area contributed by atoms with Crippen LogP contribution in [0.2, 0.25) is 0 Å². The molecule has 1 aromatic rings. The van der Waals surface area contributed by atoms with Crippen LogP contribution in [0.5, 0.6) is 0 Å². The first-order valence-electron chi connectivity index (χ1n) is 3.80. The van der Waals surface area contributed by atoms with Crippen LogP contribution in [-0.4, -0.2) is 17.6 Å². The highest BCUT2D eigenvalue weighted by atomic mass is 19.1. The number of aliphatic hydroxyl groups is 1. The molecule has 0 aromatic heterocycles. The predicted molar refractivity (Wildman–Crippen MR) is 46.9 cm³/mol. The molecule has 4 heteroatoms. The molecule has 0 unspecified atom stereocenters. The second kappa shape index (κ2) is 4.00. The second-order valence-electron chi connectivity index (χ2n) is 2.67. The number of rotatable bonds is 2. The number of aryl methyl sites for hydroxylation is 1. The van der Waals surface area contributed by atoms with Crippen molar-refractivity contribution in [1.82, 2.24) is 0 Å². The topological polar surface area (TPSA) is 49.3 Å². The lowest BCUT2D eigenvalue weighted by molar-refractivity contribution is -0.118. The average molecular weight is 183 g/mol. The molecule has 70 valence electrons. The molecule has 0 fully saturated rings. The Kier molecular flexibility index (Phi) is 2.97. The highest BCUT2D eigenvalue weighted by Crippen LogP contribution is 2.13. The number of aliphatic hydroxyl groups excluding tert-OH is 1. The van der Waals surface area contributed by atoms with Gasteiger partial charge in [0.25, 0.3) is 0 Å². The van der Waals surface area contributed by atoms with E-state index in [0.29, 0.717) is 11.3 Å². The van der Waals surface area contributed by atoms with Gasteiger partial charge in [0, 0.05) is 5.69 Å². The average Bonchev–Trinajstić information content (AvgIpc) is 2.11. The molecule has 3 nitrogen and oxygen atoms in total. The molecular weight excluding hydrogens is 173 g/mol. The number of benzene rings is 1. The van der Waals surface area contributed by atoms with E-state index in [0.717, 1.165) is 0 Å². The lowest BCUT2D eigenvalue weighted by Crippen LogP contribution is -2.15. The zero-order valence-electron chi connectivity index (χ0n) is 7.17. The Morgan fingerprint density at radius 1 is 1.62 bits per heavy atom. The summed E-state index contributed by atoms with van der Waals surface area (Å²) in [5.41, 5.74) is 0.865. The molecule has 1 amide bonds. The number of hydrogen-bond acceptors (Lipinski definition) is 2. The van der Waals surface area contributed by atoms with Gasteiger partial charge in [-0.25, -0.2) is 4.39 Å². The zero-order chi connectivity index (χ0) is 9.84. The third kappa shape index (κ3) is 2.52. The fraction of sp³-hybridized carbons (Fsp3) is 0.222. The van der Waals surface area contributed by atoms with Gasteiger partial charge in [0.2, 0.25) is 5.91 Å². The normalized spacial score (nSPS) is 9.77. The quantitative estimate of drug-likeness (QED) is 0.720. The largest absolute Gasteiger partial charge is 0.387 e. The van der Waals surface area contributed by atoms with Gasteiger partial charge < -0.3 is 10.4 Å². The minimum absolute atomic E-state index is 0.349. The first-order chi connectivity index (χ1) is 6.13. The van der Waals surface area contributed by atoms with Crippen LogP contribution in [0.15, 0.2) is 18.2 Å². The van der Waals surface area contributed by atoms with E-state index in [1.54, 1.807) is 19.1 Å². The van der Waals surface area contributed by atoms with Crippen molar-refractivity contribution in [3.8, 4) is 0 Å². The number of amides is 1. The van der Waals surface area contributed by atoms with Crippen LogP contribution in [-0.2, 0) is 4.79 Å². The maximum Gasteiger partial charge on any atom is 0.250 e. The summed E-state index contributed by atoms with van der Waals surface area (Å²) in [4.78, 5) is 10.7. The number of nitrogens with one attached hydrogen (secondary N) is 1. The molecule has 2 N–H and O–H groups in total. The summed E-state index contributed by atoms with van der Waals surface area (Å²) in [6.45, 7) is 1.03. The van der Waals surface area contributed by atoms with Crippen LogP contribution < -0.4 is 5.32 Å². The molecule has 0 aliphatic rings. The van der Waals surface area contributed by atoms with Gasteiger partial charge in [-0.05, 0) is 24.6 Å². The van der Waals surface area contributed by atoms with Gasteiger partial charge in [-0.15, -0.1) is 0 Å². The summed E-state index contributed by atoms with van der Waals surface area (Å²) in [6, 6.07) is 4.34. The molecule has 1 aromatic carbocycles. The van der Waals surface area contributed by atoms with Crippen LogP contribution >= 0.6 is 0 Å². The maximum absolute atomic E-state index is 12.9. The maximum atomic E-state index is 12.9. The Labute approximate surface area is 75.2 Å². The van der Waals surface area contributed by atoms with E-state index in [1.807, 2.05) is 0 Å². The monoisotopic (exact) mass is 183 g/mol. The van der Waals surface area contributed by atoms with Gasteiger partial charge in [0.1, 0.15) is 12.4 Å². The van der Waals surface area contributed by atoms with Crippen molar-refractivity contribution in [2.75, 3.05) is 11.9 Å². The van der Waals surface area contributed by atoms with Crippen LogP contribution in [0.25, 0.3) is 0 Å². The molecule has 0 atom stereocenters. The van der Waals surface area contributed by atoms with E-state index < -0.39 is 12.5 Å². The Morgan fingerprint density at radius 3 is 2.85 bits per heavy atom. The molecule has 0 saturated carbocycles. The van der Waals surface area contributed by atoms with E-state index in [4.69, 9.17) is 5.11 Å². The van der Waals surface area contributed by atoms with Gasteiger partial charge in [-0.1, -0.05) is 6.07 Å². The van der Waals surface area contributed by atoms with Crippen molar-refractivity contribution in [3.63, 3.8) is 0 Å². The molecule has 0 aliphatic carbocycles. The molecular formula is C9H10FNO2. The molecule has 0 heterocycles. The summed E-state index contributed by atoms with van der Waals surface area (Å²) in [5, 5.41) is 10.7. The third-order valence-corrected chi connectivity index (χ3v) is 1.60. The standard InChI is InChI=1S/C9H10FNO2/c1-6-2-3-7(4-8(6)10)11-9(13)5-12/h2-4,12H,5H2,1H3,(H,11,13). The predicted octanol–water partition coefficient (Wildman–Crippen LogP) is 1.06. The number of hydrogen-bond donors (Lipinski definition) is 2. The van der Waals surface area contributed by atoms with Gasteiger partial charge >= 0.3 is 0 Å².